The van der Waals surface area contributed by atoms with Crippen LogP contribution >= 0.6 is 0 Å². The Morgan fingerprint density at radius 2 is 2.31 bits per heavy atom. The Hall–Kier alpha value is -0.650. The first-order chi connectivity index (χ1) is 7.72. The lowest BCUT2D eigenvalue weighted by molar-refractivity contribution is -0.120. The summed E-state index contributed by atoms with van der Waals surface area (Å²) in [5.74, 6) is 0.670. The predicted octanol–water partition coefficient (Wildman–Crippen LogP) is -0.500. The molecule has 0 radical (unpaired) electrons. The maximum Gasteiger partial charge on any atom is 0.233 e. The van der Waals surface area contributed by atoms with E-state index in [-0.39, 0.29) is 12.5 Å². The van der Waals surface area contributed by atoms with E-state index in [4.69, 9.17) is 4.74 Å². The molecule has 1 atom stereocenters. The Balaban J connectivity index is 1.88. The number of carbonyl (C=O) groups is 1. The fourth-order valence-corrected chi connectivity index (χ4v) is 1.33. The van der Waals surface area contributed by atoms with Gasteiger partial charge in [-0.3, -0.25) is 4.79 Å². The summed E-state index contributed by atoms with van der Waals surface area (Å²) in [6.07, 6.45) is 1.98. The number of carbonyl (C=O) groups excluding carboxylic acids is 1. The van der Waals surface area contributed by atoms with Crippen molar-refractivity contribution in [3.8, 4) is 0 Å². The summed E-state index contributed by atoms with van der Waals surface area (Å²) in [6, 6.07) is 0. The van der Waals surface area contributed by atoms with Gasteiger partial charge in [0.2, 0.25) is 5.91 Å². The van der Waals surface area contributed by atoms with Crippen LogP contribution < -0.4 is 10.6 Å². The Bertz CT molecular complexity index is 207. The first-order valence-corrected chi connectivity index (χ1v) is 5.95. The van der Waals surface area contributed by atoms with Crippen LogP contribution in [0.25, 0.3) is 0 Å². The molecule has 0 aliphatic heterocycles. The lowest BCUT2D eigenvalue weighted by atomic mass is 10.3. The zero-order valence-corrected chi connectivity index (χ0v) is 9.87. The Labute approximate surface area is 96.6 Å². The van der Waals surface area contributed by atoms with Gasteiger partial charge in [0.05, 0.1) is 19.3 Å². The van der Waals surface area contributed by atoms with Crippen molar-refractivity contribution >= 4 is 5.91 Å². The minimum absolute atomic E-state index is 0.0476. The smallest absolute Gasteiger partial charge is 0.233 e. The van der Waals surface area contributed by atoms with E-state index in [0.29, 0.717) is 19.7 Å². The summed E-state index contributed by atoms with van der Waals surface area (Å²) in [4.78, 5) is 11.0. The van der Waals surface area contributed by atoms with Gasteiger partial charge in [0, 0.05) is 19.7 Å². The number of amides is 1. The van der Waals surface area contributed by atoms with Gasteiger partial charge in [0.15, 0.2) is 0 Å². The fraction of sp³-hybridized carbons (Fsp3) is 0.909. The van der Waals surface area contributed by atoms with Crippen molar-refractivity contribution in [3.63, 3.8) is 0 Å². The molecule has 5 heteroatoms. The van der Waals surface area contributed by atoms with E-state index in [1.54, 1.807) is 0 Å². The highest BCUT2D eigenvalue weighted by Crippen LogP contribution is 2.28. The SMILES string of the molecule is CCNC(=O)CNCC(O)COCC1CC1. The second-order valence-electron chi connectivity index (χ2n) is 4.22. The topological polar surface area (TPSA) is 70.6 Å². The summed E-state index contributed by atoms with van der Waals surface area (Å²) < 4.78 is 5.33. The van der Waals surface area contributed by atoms with Crippen LogP contribution in [0, 0.1) is 5.92 Å². The standard InChI is InChI=1S/C11H22N2O3/c1-2-13-11(15)6-12-5-10(14)8-16-7-9-3-4-9/h9-10,12,14H,2-8H2,1H3,(H,13,15). The first kappa shape index (κ1) is 13.4. The first-order valence-electron chi connectivity index (χ1n) is 5.95. The normalized spacial score (nSPS) is 17.1. The van der Waals surface area contributed by atoms with Crippen molar-refractivity contribution in [2.45, 2.75) is 25.9 Å². The molecule has 0 spiro atoms. The molecule has 94 valence electrons. The molecule has 0 aromatic rings. The zero-order chi connectivity index (χ0) is 11.8. The number of nitrogens with one attached hydrogen (secondary N) is 2. The van der Waals surface area contributed by atoms with Crippen molar-refractivity contribution in [1.29, 1.82) is 0 Å². The number of hydrogen-bond donors (Lipinski definition) is 3. The highest BCUT2D eigenvalue weighted by molar-refractivity contribution is 5.77. The van der Waals surface area contributed by atoms with Gasteiger partial charge < -0.3 is 20.5 Å². The maximum absolute atomic E-state index is 11.0. The van der Waals surface area contributed by atoms with Gasteiger partial charge in [-0.15, -0.1) is 0 Å². The Kier molecular flexibility index (Phi) is 6.37. The van der Waals surface area contributed by atoms with Crippen molar-refractivity contribution < 1.29 is 14.6 Å². The number of aliphatic hydroxyl groups is 1. The lowest BCUT2D eigenvalue weighted by Crippen LogP contribution is -2.38. The summed E-state index contributed by atoms with van der Waals surface area (Å²) in [5.41, 5.74) is 0. The van der Waals surface area contributed by atoms with Crippen molar-refractivity contribution in [3.05, 3.63) is 0 Å². The molecule has 16 heavy (non-hydrogen) atoms. The van der Waals surface area contributed by atoms with Gasteiger partial charge in [0.1, 0.15) is 0 Å². The van der Waals surface area contributed by atoms with Crippen LogP contribution in [0.3, 0.4) is 0 Å². The third-order valence-corrected chi connectivity index (χ3v) is 2.40. The van der Waals surface area contributed by atoms with Gasteiger partial charge >= 0.3 is 0 Å². The number of ether oxygens (including phenoxy) is 1. The van der Waals surface area contributed by atoms with E-state index < -0.39 is 6.10 Å². The van der Waals surface area contributed by atoms with E-state index >= 15 is 0 Å². The molecule has 0 aromatic heterocycles. The fourth-order valence-electron chi connectivity index (χ4n) is 1.33. The van der Waals surface area contributed by atoms with E-state index in [0.717, 1.165) is 12.5 Å². The number of aliphatic hydroxyl groups excluding tert-OH is 1. The minimum atomic E-state index is -0.534. The molecule has 3 N–H and O–H groups in total. The molecular formula is C11H22N2O3. The zero-order valence-electron chi connectivity index (χ0n) is 9.87. The van der Waals surface area contributed by atoms with E-state index in [1.807, 2.05) is 6.92 Å². The van der Waals surface area contributed by atoms with Crippen molar-refractivity contribution in [2.75, 3.05) is 32.8 Å². The van der Waals surface area contributed by atoms with Crippen LogP contribution in [0.2, 0.25) is 0 Å². The number of hydrogen-bond acceptors (Lipinski definition) is 4. The highest BCUT2D eigenvalue weighted by Gasteiger charge is 2.21. The molecule has 1 amide bonds. The third-order valence-electron chi connectivity index (χ3n) is 2.40. The number of likely N-dealkylation sites (N-methyl/N-ethyl adjacent to an activating group) is 1. The largest absolute Gasteiger partial charge is 0.389 e. The van der Waals surface area contributed by atoms with Gasteiger partial charge in [-0.1, -0.05) is 0 Å². The molecule has 1 rings (SSSR count). The molecule has 1 saturated carbocycles. The van der Waals surface area contributed by atoms with Gasteiger partial charge in [0.25, 0.3) is 0 Å². The highest BCUT2D eigenvalue weighted by atomic mass is 16.5. The van der Waals surface area contributed by atoms with Gasteiger partial charge in [-0.2, -0.15) is 0 Å². The summed E-state index contributed by atoms with van der Waals surface area (Å²) in [5, 5.41) is 15.1. The summed E-state index contributed by atoms with van der Waals surface area (Å²) in [7, 11) is 0. The Morgan fingerprint density at radius 1 is 1.56 bits per heavy atom. The maximum atomic E-state index is 11.0. The lowest BCUT2D eigenvalue weighted by Gasteiger charge is -2.12. The van der Waals surface area contributed by atoms with Gasteiger partial charge in [-0.25, -0.2) is 0 Å². The molecule has 1 unspecified atom stereocenters. The number of rotatable bonds is 9. The molecule has 0 saturated heterocycles. The van der Waals surface area contributed by atoms with E-state index in [1.165, 1.54) is 12.8 Å². The van der Waals surface area contributed by atoms with Crippen molar-refractivity contribution in [2.24, 2.45) is 5.92 Å². The molecular weight excluding hydrogens is 208 g/mol. The molecule has 1 aliphatic rings. The quantitative estimate of drug-likeness (QED) is 0.499. The molecule has 1 fully saturated rings. The summed E-state index contributed by atoms with van der Waals surface area (Å²) >= 11 is 0. The van der Waals surface area contributed by atoms with Gasteiger partial charge in [-0.05, 0) is 25.7 Å². The molecule has 0 bridgehead atoms. The van der Waals surface area contributed by atoms with E-state index in [2.05, 4.69) is 10.6 Å². The van der Waals surface area contributed by atoms with Crippen LogP contribution in [0.15, 0.2) is 0 Å². The summed E-state index contributed by atoms with van der Waals surface area (Å²) in [6.45, 7) is 4.24. The predicted molar refractivity (Wildman–Crippen MR) is 61.1 cm³/mol. The Morgan fingerprint density at radius 3 is 2.94 bits per heavy atom. The molecule has 1 aliphatic carbocycles. The average Bonchev–Trinajstić information content (AvgIpc) is 3.02. The minimum Gasteiger partial charge on any atom is -0.389 e. The van der Waals surface area contributed by atoms with Crippen LogP contribution in [0.5, 0.6) is 0 Å². The molecule has 0 heterocycles. The van der Waals surface area contributed by atoms with E-state index in [9.17, 15) is 9.90 Å². The van der Waals surface area contributed by atoms with Crippen molar-refractivity contribution in [1.82, 2.24) is 10.6 Å². The molecule has 0 aromatic carbocycles. The van der Waals surface area contributed by atoms with Crippen LogP contribution in [-0.4, -0.2) is 50.0 Å². The molecule has 5 nitrogen and oxygen atoms in total. The van der Waals surface area contributed by atoms with Crippen LogP contribution in [-0.2, 0) is 9.53 Å². The average molecular weight is 230 g/mol. The monoisotopic (exact) mass is 230 g/mol. The second-order valence-corrected chi connectivity index (χ2v) is 4.22. The van der Waals surface area contributed by atoms with Crippen LogP contribution in [0.1, 0.15) is 19.8 Å². The van der Waals surface area contributed by atoms with Crippen LogP contribution in [0.4, 0.5) is 0 Å². The second kappa shape index (κ2) is 7.60. The third kappa shape index (κ3) is 6.76.